The summed E-state index contributed by atoms with van der Waals surface area (Å²) >= 11 is 1.75. The maximum absolute atomic E-state index is 13.5. The summed E-state index contributed by atoms with van der Waals surface area (Å²) < 4.78 is 11.4. The number of hydrogen-bond donors (Lipinski definition) is 1. The van der Waals surface area contributed by atoms with Crippen LogP contribution < -0.4 is 4.74 Å². The Morgan fingerprint density at radius 2 is 2.12 bits per heavy atom. The van der Waals surface area contributed by atoms with Gasteiger partial charge in [0.25, 0.3) is 0 Å². The standard InChI is InChI=1S/C26H32N2O4S/c1-2-13-31-18-21(29)16-27(15-20-8-9-20)17-26(30)28-12-10-25-23(11-14-33-25)24(28)19-32-22-6-4-3-5-7-22/h1,3-7,11,14,20-21,24,29H,8-10,12-13,15-19H2/t21-,24+/m1/s1. The van der Waals surface area contributed by atoms with Gasteiger partial charge in [-0.15, -0.1) is 17.8 Å². The molecule has 7 heteroatoms. The third-order valence-corrected chi connectivity index (χ3v) is 7.10. The van der Waals surface area contributed by atoms with Crippen LogP contribution in [-0.2, 0) is 16.0 Å². The van der Waals surface area contributed by atoms with Crippen molar-refractivity contribution in [3.05, 3.63) is 52.2 Å². The van der Waals surface area contributed by atoms with Gasteiger partial charge in [0.2, 0.25) is 5.91 Å². The van der Waals surface area contributed by atoms with E-state index in [1.54, 1.807) is 11.3 Å². The minimum atomic E-state index is -0.674. The average molecular weight is 469 g/mol. The topological polar surface area (TPSA) is 62.2 Å². The summed E-state index contributed by atoms with van der Waals surface area (Å²) in [6.45, 7) is 2.96. The van der Waals surface area contributed by atoms with Crippen LogP contribution in [0.3, 0.4) is 0 Å². The van der Waals surface area contributed by atoms with Crippen molar-refractivity contribution >= 4 is 17.2 Å². The van der Waals surface area contributed by atoms with E-state index in [-0.39, 0.29) is 31.7 Å². The molecule has 1 fully saturated rings. The van der Waals surface area contributed by atoms with E-state index in [4.69, 9.17) is 15.9 Å². The number of aliphatic hydroxyl groups is 1. The Labute approximate surface area is 200 Å². The Balaban J connectivity index is 1.41. The fourth-order valence-electron chi connectivity index (χ4n) is 4.32. The van der Waals surface area contributed by atoms with Crippen LogP contribution in [0, 0.1) is 18.3 Å². The molecule has 1 amide bonds. The lowest BCUT2D eigenvalue weighted by molar-refractivity contribution is -0.136. The third-order valence-electron chi connectivity index (χ3n) is 6.10. The van der Waals surface area contributed by atoms with Crippen molar-refractivity contribution < 1.29 is 19.4 Å². The molecule has 1 aromatic heterocycles. The molecule has 1 aromatic carbocycles. The highest BCUT2D eigenvalue weighted by molar-refractivity contribution is 7.10. The van der Waals surface area contributed by atoms with Crippen LogP contribution in [0.1, 0.15) is 29.3 Å². The van der Waals surface area contributed by atoms with E-state index in [9.17, 15) is 9.90 Å². The van der Waals surface area contributed by atoms with Gasteiger partial charge in [-0.25, -0.2) is 0 Å². The minimum Gasteiger partial charge on any atom is -0.491 e. The molecule has 1 N–H and O–H groups in total. The SMILES string of the molecule is C#CCOC[C@H](O)CN(CC(=O)N1CCc2sccc2[C@@H]1COc1ccccc1)CC1CC1. The second-order valence-corrected chi connectivity index (χ2v) is 9.79. The molecule has 2 atom stereocenters. The molecule has 0 unspecified atom stereocenters. The van der Waals surface area contributed by atoms with Gasteiger partial charge < -0.3 is 19.5 Å². The Hall–Kier alpha value is -2.37. The molecular weight excluding hydrogens is 436 g/mol. The summed E-state index contributed by atoms with van der Waals surface area (Å²) in [7, 11) is 0. The molecule has 4 rings (SSSR count). The number of nitrogens with zero attached hydrogens (tertiary/aromatic N) is 2. The highest BCUT2D eigenvalue weighted by Crippen LogP contribution is 2.34. The van der Waals surface area contributed by atoms with E-state index in [1.165, 1.54) is 23.3 Å². The molecule has 176 valence electrons. The number of aliphatic hydroxyl groups excluding tert-OH is 1. The quantitative estimate of drug-likeness (QED) is 0.383. The summed E-state index contributed by atoms with van der Waals surface area (Å²) in [4.78, 5) is 18.9. The van der Waals surface area contributed by atoms with Gasteiger partial charge in [-0.05, 0) is 54.3 Å². The van der Waals surface area contributed by atoms with Crippen LogP contribution in [-0.4, -0.2) is 72.9 Å². The molecule has 0 bridgehead atoms. The highest BCUT2D eigenvalue weighted by atomic mass is 32.1. The van der Waals surface area contributed by atoms with Gasteiger partial charge >= 0.3 is 0 Å². The zero-order valence-corrected chi connectivity index (χ0v) is 19.7. The molecule has 2 aromatic rings. The summed E-state index contributed by atoms with van der Waals surface area (Å²) in [5, 5.41) is 12.5. The molecule has 0 radical (unpaired) electrons. The van der Waals surface area contributed by atoms with Crippen LogP contribution >= 0.6 is 11.3 Å². The zero-order valence-electron chi connectivity index (χ0n) is 18.9. The van der Waals surface area contributed by atoms with E-state index in [0.29, 0.717) is 25.6 Å². The average Bonchev–Trinajstić information content (AvgIpc) is 3.50. The largest absolute Gasteiger partial charge is 0.491 e. The Kier molecular flexibility index (Phi) is 8.40. The van der Waals surface area contributed by atoms with E-state index < -0.39 is 6.10 Å². The maximum Gasteiger partial charge on any atom is 0.237 e. The zero-order chi connectivity index (χ0) is 23.0. The maximum atomic E-state index is 13.5. The van der Waals surface area contributed by atoms with E-state index in [0.717, 1.165) is 18.7 Å². The Morgan fingerprint density at radius 3 is 2.88 bits per heavy atom. The van der Waals surface area contributed by atoms with Gasteiger partial charge in [0.05, 0.1) is 25.3 Å². The molecule has 33 heavy (non-hydrogen) atoms. The molecule has 1 aliphatic heterocycles. The van der Waals surface area contributed by atoms with Crippen LogP contribution in [0.2, 0.25) is 0 Å². The first-order valence-corrected chi connectivity index (χ1v) is 12.5. The van der Waals surface area contributed by atoms with Crippen LogP contribution in [0.4, 0.5) is 0 Å². The van der Waals surface area contributed by atoms with Gasteiger partial charge in [-0.3, -0.25) is 9.69 Å². The first kappa shape index (κ1) is 23.8. The van der Waals surface area contributed by atoms with Crippen molar-refractivity contribution in [2.75, 3.05) is 46.0 Å². The number of benzene rings is 1. The third kappa shape index (κ3) is 6.81. The van der Waals surface area contributed by atoms with Crippen molar-refractivity contribution in [1.29, 1.82) is 0 Å². The number of thiophene rings is 1. The Bertz CT molecular complexity index is 937. The molecule has 2 aliphatic rings. The normalized spacial score (nSPS) is 18.6. The first-order chi connectivity index (χ1) is 16.1. The number of carbonyl (C=O) groups excluding carboxylic acids is 1. The summed E-state index contributed by atoms with van der Waals surface area (Å²) in [6, 6.07) is 11.7. The molecule has 2 heterocycles. The van der Waals surface area contributed by atoms with Gasteiger partial charge in [0.1, 0.15) is 19.0 Å². The van der Waals surface area contributed by atoms with E-state index >= 15 is 0 Å². The lowest BCUT2D eigenvalue weighted by Crippen LogP contribution is -2.48. The molecular formula is C26H32N2O4S. The molecule has 6 nitrogen and oxygen atoms in total. The smallest absolute Gasteiger partial charge is 0.237 e. The number of para-hydroxylation sites is 1. The number of ether oxygens (including phenoxy) is 2. The second kappa shape index (κ2) is 11.7. The number of rotatable bonds is 12. The minimum absolute atomic E-state index is 0.0749. The van der Waals surface area contributed by atoms with Crippen molar-refractivity contribution in [3.8, 4) is 18.1 Å². The lowest BCUT2D eigenvalue weighted by atomic mass is 10.0. The number of carbonyl (C=O) groups is 1. The van der Waals surface area contributed by atoms with Gasteiger partial charge in [-0.1, -0.05) is 24.1 Å². The Morgan fingerprint density at radius 1 is 1.30 bits per heavy atom. The van der Waals surface area contributed by atoms with Gasteiger partial charge in [0.15, 0.2) is 0 Å². The van der Waals surface area contributed by atoms with Crippen LogP contribution in [0.25, 0.3) is 0 Å². The first-order valence-electron chi connectivity index (χ1n) is 11.6. The lowest BCUT2D eigenvalue weighted by Gasteiger charge is -2.37. The number of terminal acetylenes is 1. The summed E-state index contributed by atoms with van der Waals surface area (Å²) in [5.74, 6) is 3.90. The van der Waals surface area contributed by atoms with E-state index in [1.807, 2.05) is 35.2 Å². The predicted octanol–water partition coefficient (Wildman–Crippen LogP) is 2.98. The van der Waals surface area contributed by atoms with Crippen LogP contribution in [0.15, 0.2) is 41.8 Å². The van der Waals surface area contributed by atoms with Crippen molar-refractivity contribution in [2.24, 2.45) is 5.92 Å². The predicted molar refractivity (Wildman–Crippen MR) is 129 cm³/mol. The molecule has 1 saturated carbocycles. The molecule has 1 aliphatic carbocycles. The van der Waals surface area contributed by atoms with Crippen molar-refractivity contribution in [1.82, 2.24) is 9.80 Å². The monoisotopic (exact) mass is 468 g/mol. The van der Waals surface area contributed by atoms with Crippen LogP contribution in [0.5, 0.6) is 5.75 Å². The molecule has 0 saturated heterocycles. The fraction of sp³-hybridized carbons (Fsp3) is 0.500. The fourth-order valence-corrected chi connectivity index (χ4v) is 5.25. The number of fused-ring (bicyclic) bond motifs is 1. The van der Waals surface area contributed by atoms with Gasteiger partial charge in [0, 0.05) is 24.5 Å². The summed E-state index contributed by atoms with van der Waals surface area (Å²) in [6.07, 6.45) is 7.77. The van der Waals surface area contributed by atoms with Crippen molar-refractivity contribution in [2.45, 2.75) is 31.4 Å². The molecule has 0 spiro atoms. The van der Waals surface area contributed by atoms with Crippen molar-refractivity contribution in [3.63, 3.8) is 0 Å². The second-order valence-electron chi connectivity index (χ2n) is 8.79. The number of hydrogen-bond acceptors (Lipinski definition) is 6. The van der Waals surface area contributed by atoms with Gasteiger partial charge in [-0.2, -0.15) is 0 Å². The number of amides is 1. The van der Waals surface area contributed by atoms with E-state index in [2.05, 4.69) is 22.3 Å². The summed E-state index contributed by atoms with van der Waals surface area (Å²) in [5.41, 5.74) is 1.19. The highest BCUT2D eigenvalue weighted by Gasteiger charge is 2.34.